The van der Waals surface area contributed by atoms with Crippen molar-refractivity contribution in [2.45, 2.75) is 19.3 Å². The van der Waals surface area contributed by atoms with E-state index in [1.165, 1.54) is 4.68 Å². The van der Waals surface area contributed by atoms with Crippen molar-refractivity contribution in [1.82, 2.24) is 9.78 Å². The van der Waals surface area contributed by atoms with Crippen LogP contribution < -0.4 is 0 Å². The first-order valence-corrected chi connectivity index (χ1v) is 4.37. The van der Waals surface area contributed by atoms with E-state index >= 15 is 0 Å². The second-order valence-corrected chi connectivity index (χ2v) is 3.32. The molecular formula is C9H12N2O4. The molecule has 2 N–H and O–H groups in total. The maximum Gasteiger partial charge on any atom is 0.313 e. The fourth-order valence-electron chi connectivity index (χ4n) is 1.45. The van der Waals surface area contributed by atoms with Gasteiger partial charge in [-0.2, -0.15) is 5.10 Å². The molecular weight excluding hydrogens is 200 g/mol. The first kappa shape index (κ1) is 11.2. The fraction of sp³-hybridized carbons (Fsp3) is 0.444. The van der Waals surface area contributed by atoms with E-state index in [1.807, 2.05) is 0 Å². The summed E-state index contributed by atoms with van der Waals surface area (Å²) in [6, 6.07) is 1.59. The maximum absolute atomic E-state index is 10.9. The first-order chi connectivity index (χ1) is 6.91. The number of aromatic nitrogens is 2. The Kier molecular flexibility index (Phi) is 3.08. The summed E-state index contributed by atoms with van der Waals surface area (Å²) in [5.74, 6) is -3.34. The molecule has 82 valence electrons. The van der Waals surface area contributed by atoms with E-state index in [0.717, 1.165) is 0 Å². The Morgan fingerprint density at radius 1 is 1.53 bits per heavy atom. The second kappa shape index (κ2) is 4.12. The SMILES string of the molecule is Cc1cc(C(CC(=O)O)C(=O)O)n(C)n1. The molecule has 15 heavy (non-hydrogen) atoms. The zero-order valence-corrected chi connectivity index (χ0v) is 8.47. The molecule has 0 aliphatic heterocycles. The van der Waals surface area contributed by atoms with E-state index in [-0.39, 0.29) is 0 Å². The van der Waals surface area contributed by atoms with Crippen LogP contribution in [-0.4, -0.2) is 31.9 Å². The van der Waals surface area contributed by atoms with Gasteiger partial charge in [-0.05, 0) is 13.0 Å². The zero-order chi connectivity index (χ0) is 11.6. The van der Waals surface area contributed by atoms with Crippen LogP contribution in [0, 0.1) is 6.92 Å². The van der Waals surface area contributed by atoms with Crippen LogP contribution in [0.25, 0.3) is 0 Å². The predicted molar refractivity (Wildman–Crippen MR) is 50.6 cm³/mol. The Labute approximate surface area is 86.1 Å². The summed E-state index contributed by atoms with van der Waals surface area (Å²) in [6.45, 7) is 1.73. The summed E-state index contributed by atoms with van der Waals surface area (Å²) in [5, 5.41) is 21.5. The van der Waals surface area contributed by atoms with Crippen LogP contribution in [0.5, 0.6) is 0 Å². The molecule has 1 aromatic heterocycles. The molecule has 0 saturated carbocycles. The number of aliphatic carboxylic acids is 2. The number of aryl methyl sites for hydroxylation is 2. The van der Waals surface area contributed by atoms with Crippen molar-refractivity contribution in [2.75, 3.05) is 0 Å². The highest BCUT2D eigenvalue weighted by Gasteiger charge is 2.26. The minimum Gasteiger partial charge on any atom is -0.481 e. The Morgan fingerprint density at radius 3 is 2.47 bits per heavy atom. The van der Waals surface area contributed by atoms with Gasteiger partial charge < -0.3 is 10.2 Å². The van der Waals surface area contributed by atoms with Crippen LogP contribution in [0.15, 0.2) is 6.07 Å². The molecule has 0 radical (unpaired) electrons. The van der Waals surface area contributed by atoms with E-state index in [0.29, 0.717) is 11.4 Å². The molecule has 0 aliphatic carbocycles. The lowest BCUT2D eigenvalue weighted by Gasteiger charge is -2.09. The third-order valence-electron chi connectivity index (χ3n) is 2.07. The summed E-state index contributed by atoms with van der Waals surface area (Å²) in [5.41, 5.74) is 1.08. The Bertz CT molecular complexity index is 397. The normalized spacial score (nSPS) is 12.4. The van der Waals surface area contributed by atoms with Crippen LogP contribution in [-0.2, 0) is 16.6 Å². The highest BCUT2D eigenvalue weighted by Crippen LogP contribution is 2.20. The van der Waals surface area contributed by atoms with Crippen molar-refractivity contribution in [1.29, 1.82) is 0 Å². The first-order valence-electron chi connectivity index (χ1n) is 4.37. The van der Waals surface area contributed by atoms with Crippen LogP contribution in [0.4, 0.5) is 0 Å². The molecule has 1 unspecified atom stereocenters. The van der Waals surface area contributed by atoms with E-state index < -0.39 is 24.3 Å². The van der Waals surface area contributed by atoms with Gasteiger partial charge in [0.2, 0.25) is 0 Å². The highest BCUT2D eigenvalue weighted by atomic mass is 16.4. The van der Waals surface area contributed by atoms with Gasteiger partial charge in [-0.1, -0.05) is 0 Å². The minimum absolute atomic E-state index is 0.405. The molecule has 6 nitrogen and oxygen atoms in total. The molecule has 0 saturated heterocycles. The third kappa shape index (κ3) is 2.55. The number of nitrogens with zero attached hydrogens (tertiary/aromatic N) is 2. The Balaban J connectivity index is 3.03. The molecule has 1 atom stereocenters. The Hall–Kier alpha value is -1.85. The van der Waals surface area contributed by atoms with Crippen molar-refractivity contribution in [3.05, 3.63) is 17.5 Å². The van der Waals surface area contributed by atoms with Crippen molar-refractivity contribution in [3.8, 4) is 0 Å². The third-order valence-corrected chi connectivity index (χ3v) is 2.07. The lowest BCUT2D eigenvalue weighted by molar-refractivity contribution is -0.145. The zero-order valence-electron chi connectivity index (χ0n) is 8.47. The van der Waals surface area contributed by atoms with Crippen LogP contribution in [0.1, 0.15) is 23.7 Å². The Morgan fingerprint density at radius 2 is 2.13 bits per heavy atom. The molecule has 0 aliphatic rings. The topological polar surface area (TPSA) is 92.4 Å². The number of carboxylic acids is 2. The number of hydrogen-bond donors (Lipinski definition) is 2. The predicted octanol–water partition coefficient (Wildman–Crippen LogP) is 0.371. The van der Waals surface area contributed by atoms with Crippen LogP contribution in [0.3, 0.4) is 0 Å². The van der Waals surface area contributed by atoms with E-state index in [4.69, 9.17) is 10.2 Å². The van der Waals surface area contributed by atoms with Gasteiger partial charge in [-0.15, -0.1) is 0 Å². The lowest BCUT2D eigenvalue weighted by atomic mass is 10.0. The van der Waals surface area contributed by atoms with Crippen molar-refractivity contribution in [3.63, 3.8) is 0 Å². The molecule has 1 rings (SSSR count). The van der Waals surface area contributed by atoms with Gasteiger partial charge in [0.05, 0.1) is 17.8 Å². The molecule has 6 heteroatoms. The van der Waals surface area contributed by atoms with Crippen molar-refractivity contribution in [2.24, 2.45) is 7.05 Å². The molecule has 0 aromatic carbocycles. The smallest absolute Gasteiger partial charge is 0.313 e. The minimum atomic E-state index is -1.15. The average molecular weight is 212 g/mol. The van der Waals surface area contributed by atoms with Gasteiger partial charge in [-0.3, -0.25) is 14.3 Å². The summed E-state index contributed by atoms with van der Waals surface area (Å²) < 4.78 is 1.40. The molecule has 0 amide bonds. The van der Waals surface area contributed by atoms with Crippen molar-refractivity contribution >= 4 is 11.9 Å². The van der Waals surface area contributed by atoms with E-state index in [1.54, 1.807) is 20.0 Å². The summed E-state index contributed by atoms with van der Waals surface area (Å²) in [6.07, 6.45) is -0.436. The highest BCUT2D eigenvalue weighted by molar-refractivity contribution is 5.82. The summed E-state index contributed by atoms with van der Waals surface area (Å²) >= 11 is 0. The molecule has 0 bridgehead atoms. The molecule has 0 spiro atoms. The fourth-order valence-corrected chi connectivity index (χ4v) is 1.45. The molecule has 0 fully saturated rings. The molecule has 1 aromatic rings. The van der Waals surface area contributed by atoms with Gasteiger partial charge in [0, 0.05) is 7.05 Å². The lowest BCUT2D eigenvalue weighted by Crippen LogP contribution is -2.18. The van der Waals surface area contributed by atoms with Gasteiger partial charge >= 0.3 is 11.9 Å². The standard InChI is InChI=1S/C9H12N2O4/c1-5-3-7(11(2)10-5)6(9(14)15)4-8(12)13/h3,6H,4H2,1-2H3,(H,12,13)(H,14,15). The molecule has 1 heterocycles. The monoisotopic (exact) mass is 212 g/mol. The van der Waals surface area contributed by atoms with Gasteiger partial charge in [-0.25, -0.2) is 0 Å². The summed E-state index contributed by atoms with van der Waals surface area (Å²) in [4.78, 5) is 21.4. The van der Waals surface area contributed by atoms with Crippen LogP contribution in [0.2, 0.25) is 0 Å². The second-order valence-electron chi connectivity index (χ2n) is 3.32. The van der Waals surface area contributed by atoms with Crippen molar-refractivity contribution < 1.29 is 19.8 Å². The quantitative estimate of drug-likeness (QED) is 0.752. The van der Waals surface area contributed by atoms with E-state index in [9.17, 15) is 9.59 Å². The summed E-state index contributed by atoms with van der Waals surface area (Å²) in [7, 11) is 1.60. The van der Waals surface area contributed by atoms with Gasteiger partial charge in [0.15, 0.2) is 0 Å². The van der Waals surface area contributed by atoms with Crippen LogP contribution >= 0.6 is 0 Å². The van der Waals surface area contributed by atoms with E-state index in [2.05, 4.69) is 5.10 Å². The maximum atomic E-state index is 10.9. The number of carbonyl (C=O) groups is 2. The number of rotatable bonds is 4. The largest absolute Gasteiger partial charge is 0.481 e. The average Bonchev–Trinajstić information content (AvgIpc) is 2.40. The number of carboxylic acid groups (broad SMARTS) is 2. The van der Waals surface area contributed by atoms with Gasteiger partial charge in [0.1, 0.15) is 5.92 Å². The van der Waals surface area contributed by atoms with Gasteiger partial charge in [0.25, 0.3) is 0 Å². The number of hydrogen-bond acceptors (Lipinski definition) is 3.